The molecule has 0 radical (unpaired) electrons. The number of hydrogen-bond donors (Lipinski definition) is 2. The van der Waals surface area contributed by atoms with Crippen LogP contribution in [0.3, 0.4) is 0 Å². The lowest BCUT2D eigenvalue weighted by Gasteiger charge is -2.33. The molecule has 1 fully saturated rings. The molecule has 1 saturated heterocycles. The van der Waals surface area contributed by atoms with Crippen LogP contribution >= 0.6 is 11.6 Å². The Morgan fingerprint density at radius 2 is 2.11 bits per heavy atom. The Morgan fingerprint density at radius 3 is 2.78 bits per heavy atom. The van der Waals surface area contributed by atoms with Gasteiger partial charge in [-0.3, -0.25) is 4.79 Å². The number of carbonyl (C=O) groups excluding carboxylic acids is 1. The minimum atomic E-state index is -0.155. The number of carbonyl (C=O) groups is 1. The first kappa shape index (κ1) is 19.3. The lowest BCUT2D eigenvalue weighted by molar-refractivity contribution is -0.128. The highest BCUT2D eigenvalue weighted by atomic mass is 35.5. The first-order valence-electron chi connectivity index (χ1n) is 9.23. The normalized spacial score (nSPS) is 19.1. The number of hydrogen-bond acceptors (Lipinski definition) is 4. The van der Waals surface area contributed by atoms with Gasteiger partial charge in [0, 0.05) is 31.2 Å². The number of nitrogens with zero attached hydrogens (tertiary/aromatic N) is 3. The second-order valence-corrected chi connectivity index (χ2v) is 7.60. The molecule has 1 amide bonds. The van der Waals surface area contributed by atoms with Crippen LogP contribution in [0.25, 0.3) is 11.0 Å². The minimum absolute atomic E-state index is 0.0372. The highest BCUT2D eigenvalue weighted by Crippen LogP contribution is 2.32. The number of imidazole rings is 1. The lowest BCUT2D eigenvalue weighted by Crippen LogP contribution is -2.40. The summed E-state index contributed by atoms with van der Waals surface area (Å²) < 4.78 is 2.28. The summed E-state index contributed by atoms with van der Waals surface area (Å²) in [7, 11) is 0. The molecule has 144 valence electrons. The van der Waals surface area contributed by atoms with Gasteiger partial charge in [-0.15, -0.1) is 0 Å². The average molecular weight is 388 g/mol. The van der Waals surface area contributed by atoms with E-state index in [1.165, 1.54) is 12.3 Å². The molecule has 0 bridgehead atoms. The van der Waals surface area contributed by atoms with E-state index >= 15 is 0 Å². The van der Waals surface area contributed by atoms with Gasteiger partial charge in [-0.1, -0.05) is 23.7 Å². The second-order valence-electron chi connectivity index (χ2n) is 7.16. The molecule has 6 nitrogen and oxygen atoms in total. The van der Waals surface area contributed by atoms with Crippen LogP contribution in [0.2, 0.25) is 0 Å². The number of para-hydroxylation sites is 2. The number of aromatic nitrogens is 2. The number of rotatable bonds is 4. The van der Waals surface area contributed by atoms with Crippen molar-refractivity contribution < 1.29 is 4.79 Å². The third-order valence-electron chi connectivity index (χ3n) is 4.93. The number of benzene rings is 1. The number of likely N-dealkylation sites (tertiary alicyclic amines) is 1. The molecule has 4 N–H and O–H groups in total. The van der Waals surface area contributed by atoms with Gasteiger partial charge in [-0.2, -0.15) is 0 Å². The Balaban J connectivity index is 1.91. The third-order valence-corrected chi connectivity index (χ3v) is 5.04. The summed E-state index contributed by atoms with van der Waals surface area (Å²) in [4.78, 5) is 19.5. The number of halogens is 1. The number of fused-ring (bicyclic) bond motifs is 1. The Hall–Kier alpha value is -2.47. The molecule has 1 atom stereocenters. The van der Waals surface area contributed by atoms with E-state index in [2.05, 4.69) is 24.5 Å². The number of nitrogens with two attached hydrogens (primary N) is 2. The van der Waals surface area contributed by atoms with Gasteiger partial charge in [0.2, 0.25) is 0 Å². The average Bonchev–Trinajstić information content (AvgIpc) is 3.05. The standard InChI is InChI=1S/C20H26ClN5O/c1-13(2)26-17-8-4-3-7-16(17)24-19(26)14-6-5-9-25(12-14)20(27)15(11-22)10-18(21)23/h3-4,7-8,10-11,13-14H,5-6,9,12,22-23H2,1-2H3/b15-11+,18-10-. The molecular formula is C20H26ClN5O. The summed E-state index contributed by atoms with van der Waals surface area (Å²) in [5.74, 6) is 1.06. The predicted molar refractivity (Wildman–Crippen MR) is 109 cm³/mol. The first-order valence-corrected chi connectivity index (χ1v) is 9.61. The van der Waals surface area contributed by atoms with E-state index in [1.54, 1.807) is 0 Å². The Morgan fingerprint density at radius 1 is 1.37 bits per heavy atom. The second kappa shape index (κ2) is 8.05. The largest absolute Gasteiger partial charge is 0.404 e. The van der Waals surface area contributed by atoms with Crippen molar-refractivity contribution in [1.29, 1.82) is 0 Å². The van der Waals surface area contributed by atoms with Crippen molar-refractivity contribution in [2.75, 3.05) is 13.1 Å². The van der Waals surface area contributed by atoms with E-state index < -0.39 is 0 Å². The highest BCUT2D eigenvalue weighted by Gasteiger charge is 2.30. The predicted octanol–water partition coefficient (Wildman–Crippen LogP) is 3.20. The zero-order chi connectivity index (χ0) is 19.6. The monoisotopic (exact) mass is 387 g/mol. The molecule has 2 aromatic rings. The summed E-state index contributed by atoms with van der Waals surface area (Å²) >= 11 is 5.72. The molecular weight excluding hydrogens is 362 g/mol. The van der Waals surface area contributed by atoms with Gasteiger partial charge >= 0.3 is 0 Å². The molecule has 2 heterocycles. The van der Waals surface area contributed by atoms with Crippen molar-refractivity contribution in [3.05, 3.63) is 53.1 Å². The molecule has 3 rings (SSSR count). The van der Waals surface area contributed by atoms with Crippen molar-refractivity contribution in [2.45, 2.75) is 38.6 Å². The van der Waals surface area contributed by atoms with Crippen LogP contribution in [0.5, 0.6) is 0 Å². The summed E-state index contributed by atoms with van der Waals surface area (Å²) in [5.41, 5.74) is 13.5. The van der Waals surface area contributed by atoms with Gasteiger partial charge < -0.3 is 20.9 Å². The van der Waals surface area contributed by atoms with Crippen LogP contribution in [0, 0.1) is 0 Å². The quantitative estimate of drug-likeness (QED) is 0.479. The zero-order valence-corrected chi connectivity index (χ0v) is 16.5. The van der Waals surface area contributed by atoms with E-state index in [-0.39, 0.29) is 23.0 Å². The third kappa shape index (κ3) is 3.95. The van der Waals surface area contributed by atoms with E-state index in [9.17, 15) is 4.79 Å². The van der Waals surface area contributed by atoms with Crippen molar-refractivity contribution in [3.8, 4) is 0 Å². The maximum atomic E-state index is 12.8. The molecule has 1 aromatic carbocycles. The molecule has 7 heteroatoms. The van der Waals surface area contributed by atoms with Gasteiger partial charge in [0.15, 0.2) is 0 Å². The van der Waals surface area contributed by atoms with Crippen LogP contribution < -0.4 is 11.5 Å². The van der Waals surface area contributed by atoms with Crippen molar-refractivity contribution >= 4 is 28.5 Å². The summed E-state index contributed by atoms with van der Waals surface area (Å²) in [5, 5.41) is 0.0372. The summed E-state index contributed by atoms with van der Waals surface area (Å²) in [6.45, 7) is 5.60. The topological polar surface area (TPSA) is 90.2 Å². The molecule has 1 aromatic heterocycles. The summed E-state index contributed by atoms with van der Waals surface area (Å²) in [6.07, 6.45) is 4.56. The van der Waals surface area contributed by atoms with Gasteiger partial charge in [-0.05, 0) is 44.9 Å². The fourth-order valence-corrected chi connectivity index (χ4v) is 3.90. The Bertz CT molecular complexity index is 895. The van der Waals surface area contributed by atoms with Crippen molar-refractivity contribution in [1.82, 2.24) is 14.5 Å². The van der Waals surface area contributed by atoms with Crippen molar-refractivity contribution in [3.63, 3.8) is 0 Å². The molecule has 0 aliphatic carbocycles. The van der Waals surface area contributed by atoms with Crippen LogP contribution in [0.1, 0.15) is 44.5 Å². The Kier molecular flexibility index (Phi) is 5.75. The van der Waals surface area contributed by atoms with E-state index in [4.69, 9.17) is 28.1 Å². The van der Waals surface area contributed by atoms with Crippen LogP contribution in [0.15, 0.2) is 47.3 Å². The fraction of sp³-hybridized carbons (Fsp3) is 0.400. The molecule has 27 heavy (non-hydrogen) atoms. The van der Waals surface area contributed by atoms with E-state index in [0.717, 1.165) is 29.7 Å². The highest BCUT2D eigenvalue weighted by molar-refractivity contribution is 6.29. The lowest BCUT2D eigenvalue weighted by atomic mass is 9.96. The van der Waals surface area contributed by atoms with Gasteiger partial charge in [0.05, 0.1) is 21.8 Å². The Labute approximate surface area is 164 Å². The summed E-state index contributed by atoms with van der Waals surface area (Å²) in [6, 6.07) is 8.46. The maximum Gasteiger partial charge on any atom is 0.255 e. The van der Waals surface area contributed by atoms with Gasteiger partial charge in [0.25, 0.3) is 5.91 Å². The fourth-order valence-electron chi connectivity index (χ4n) is 3.78. The number of piperidine rings is 1. The van der Waals surface area contributed by atoms with Crippen LogP contribution in [-0.4, -0.2) is 33.4 Å². The van der Waals surface area contributed by atoms with Gasteiger partial charge in [-0.25, -0.2) is 4.98 Å². The molecule has 1 aliphatic heterocycles. The number of amides is 1. The molecule has 1 unspecified atom stereocenters. The molecule has 0 spiro atoms. The van der Waals surface area contributed by atoms with E-state index in [0.29, 0.717) is 18.7 Å². The van der Waals surface area contributed by atoms with Crippen molar-refractivity contribution in [2.24, 2.45) is 11.5 Å². The maximum absolute atomic E-state index is 12.8. The zero-order valence-electron chi connectivity index (χ0n) is 15.7. The molecule has 0 saturated carbocycles. The van der Waals surface area contributed by atoms with E-state index in [1.807, 2.05) is 23.1 Å². The first-order chi connectivity index (χ1) is 12.9. The minimum Gasteiger partial charge on any atom is -0.404 e. The SMILES string of the molecule is CC(C)n1c(C2CCCN(C(=O)C(/C=C(\N)Cl)=C/N)C2)nc2ccccc21. The van der Waals surface area contributed by atoms with Crippen LogP contribution in [-0.2, 0) is 4.79 Å². The molecule has 1 aliphatic rings. The smallest absolute Gasteiger partial charge is 0.255 e. The van der Waals surface area contributed by atoms with Gasteiger partial charge in [0.1, 0.15) is 5.82 Å². The van der Waals surface area contributed by atoms with Crippen LogP contribution in [0.4, 0.5) is 0 Å².